The maximum Gasteiger partial charge on any atom is 0.400 e. The first-order chi connectivity index (χ1) is 13.8. The van der Waals surface area contributed by atoms with E-state index in [1.165, 1.54) is 24.7 Å². The summed E-state index contributed by atoms with van der Waals surface area (Å²) in [6, 6.07) is 2.89. The first-order valence-electron chi connectivity index (χ1n) is 8.20. The summed E-state index contributed by atoms with van der Waals surface area (Å²) in [6.45, 7) is -0.335. The summed E-state index contributed by atoms with van der Waals surface area (Å²) in [5, 5.41) is 0.162. The number of nitrogens with zero attached hydrogens (tertiary/aromatic N) is 1. The third-order valence-electron chi connectivity index (χ3n) is 3.99. The van der Waals surface area contributed by atoms with Crippen molar-refractivity contribution in [1.82, 2.24) is 9.97 Å². The molecule has 0 aliphatic heterocycles. The van der Waals surface area contributed by atoms with E-state index < -0.39 is 30.7 Å². The van der Waals surface area contributed by atoms with Crippen molar-refractivity contribution in [2.24, 2.45) is 0 Å². The number of alkyl halides is 5. The minimum atomic E-state index is -5.83. The Morgan fingerprint density at radius 2 is 1.93 bits per heavy atom. The normalized spacial score (nSPS) is 13.2. The Labute approximate surface area is 178 Å². The number of halogens is 6. The van der Waals surface area contributed by atoms with Crippen LogP contribution < -0.4 is 4.74 Å². The van der Waals surface area contributed by atoms with Gasteiger partial charge in [0.15, 0.2) is 0 Å². The number of hydrogen-bond acceptors (Lipinski definition) is 4. The van der Waals surface area contributed by atoms with Gasteiger partial charge in [0.2, 0.25) is 0 Å². The third kappa shape index (κ3) is 4.70. The number of benzene rings is 1. The van der Waals surface area contributed by atoms with Crippen molar-refractivity contribution < 1.29 is 41.0 Å². The lowest BCUT2D eigenvalue weighted by Gasteiger charge is -2.16. The number of rotatable bonds is 7. The van der Waals surface area contributed by atoms with Crippen LogP contribution in [0.1, 0.15) is 17.7 Å². The highest BCUT2D eigenvalue weighted by molar-refractivity contribution is 9.10. The molecule has 0 saturated carbocycles. The number of ether oxygens (including phenoxy) is 1. The maximum absolute atomic E-state index is 14.3. The quantitative estimate of drug-likeness (QED) is 0.196. The number of imidazole rings is 1. The molecule has 1 aromatic carbocycles. The lowest BCUT2D eigenvalue weighted by molar-refractivity contribution is -0.136. The largest absolute Gasteiger partial charge is 0.492 e. The Balaban J connectivity index is 2.08. The summed E-state index contributed by atoms with van der Waals surface area (Å²) in [6.07, 6.45) is -2.90. The van der Waals surface area contributed by atoms with Gasteiger partial charge in [-0.2, -0.15) is 22.0 Å². The Morgan fingerprint density at radius 1 is 1.23 bits per heavy atom. The molecule has 6 nitrogen and oxygen atoms in total. The molecule has 164 valence electrons. The monoisotopic (exact) mass is 534 g/mol. The van der Waals surface area contributed by atoms with E-state index in [0.717, 1.165) is 0 Å². The lowest BCUT2D eigenvalue weighted by Crippen LogP contribution is -2.12. The minimum absolute atomic E-state index is 0.00568. The number of nitrogens with one attached hydrogen (secondary N) is 1. The van der Waals surface area contributed by atoms with Crippen LogP contribution in [-0.2, 0) is 10.2 Å². The molecular formula is C16H13BrF5N2O4PS. The molecule has 0 spiro atoms. The van der Waals surface area contributed by atoms with Crippen molar-refractivity contribution in [3.8, 4) is 17.0 Å². The summed E-state index contributed by atoms with van der Waals surface area (Å²) in [7, 11) is -5.83. The molecule has 14 heteroatoms. The number of fused-ring (bicyclic) bond motifs is 1. The van der Waals surface area contributed by atoms with Crippen LogP contribution in [0.3, 0.4) is 0 Å². The van der Waals surface area contributed by atoms with E-state index in [1.54, 1.807) is 0 Å². The Morgan fingerprint density at radius 3 is 2.50 bits per heavy atom. The lowest BCUT2D eigenvalue weighted by atomic mass is 10.1. The van der Waals surface area contributed by atoms with E-state index in [9.17, 15) is 26.5 Å². The molecule has 0 saturated heterocycles. The van der Waals surface area contributed by atoms with Crippen LogP contribution in [-0.4, -0.2) is 32.5 Å². The predicted molar refractivity (Wildman–Crippen MR) is 104 cm³/mol. The van der Waals surface area contributed by atoms with Crippen LogP contribution in [0, 0.1) is 0 Å². The predicted octanol–water partition coefficient (Wildman–Crippen LogP) is 6.00. The fraction of sp³-hybridized carbons (Fsp3) is 0.312. The van der Waals surface area contributed by atoms with Gasteiger partial charge in [0, 0.05) is 28.0 Å². The molecule has 0 aliphatic rings. The summed E-state index contributed by atoms with van der Waals surface area (Å²) in [5.74, 6) is 0.00568. The van der Waals surface area contributed by atoms with Crippen molar-refractivity contribution in [2.75, 3.05) is 6.61 Å². The molecule has 3 N–H and O–H groups in total. The molecule has 3 aromatic rings. The zero-order valence-electron chi connectivity index (χ0n) is 14.7. The van der Waals surface area contributed by atoms with Crippen LogP contribution in [0.25, 0.3) is 21.3 Å². The Hall–Kier alpha value is -1.53. The second kappa shape index (κ2) is 8.19. The highest BCUT2D eigenvalue weighted by atomic mass is 79.9. The van der Waals surface area contributed by atoms with Gasteiger partial charge >= 0.3 is 19.4 Å². The van der Waals surface area contributed by atoms with Gasteiger partial charge in [-0.05, 0) is 34.5 Å². The van der Waals surface area contributed by atoms with Crippen molar-refractivity contribution in [2.45, 2.75) is 24.7 Å². The second-order valence-electron chi connectivity index (χ2n) is 6.20. The van der Waals surface area contributed by atoms with E-state index in [-0.39, 0.29) is 33.3 Å². The second-order valence-corrected chi connectivity index (χ2v) is 9.67. The Kier molecular flexibility index (Phi) is 6.32. The van der Waals surface area contributed by atoms with E-state index >= 15 is 0 Å². The van der Waals surface area contributed by atoms with Crippen LogP contribution >= 0.6 is 34.9 Å². The SMILES string of the molecule is O=P(O)(O)C(F)(F)c1sc2c(OCCCC(F)(F)F)cc(-c3c[nH]cn3)cc2c1Br. The van der Waals surface area contributed by atoms with Gasteiger partial charge in [-0.25, -0.2) is 4.98 Å². The molecular weight excluding hydrogens is 522 g/mol. The van der Waals surface area contributed by atoms with E-state index in [1.807, 2.05) is 0 Å². The zero-order valence-corrected chi connectivity index (χ0v) is 18.0. The number of aromatic amines is 1. The molecule has 0 aliphatic carbocycles. The smallest absolute Gasteiger partial charge is 0.400 e. The van der Waals surface area contributed by atoms with Crippen molar-refractivity contribution in [3.05, 3.63) is 34.0 Å². The van der Waals surface area contributed by atoms with E-state index in [2.05, 4.69) is 25.9 Å². The maximum atomic E-state index is 14.3. The molecule has 0 atom stereocenters. The highest BCUT2D eigenvalue weighted by Gasteiger charge is 2.53. The van der Waals surface area contributed by atoms with Gasteiger partial charge in [0.25, 0.3) is 0 Å². The number of hydrogen-bond donors (Lipinski definition) is 3. The third-order valence-corrected chi connectivity index (χ3v) is 7.47. The van der Waals surface area contributed by atoms with E-state index in [0.29, 0.717) is 22.6 Å². The summed E-state index contributed by atoms with van der Waals surface area (Å²) < 4.78 is 82.3. The van der Waals surface area contributed by atoms with Crippen LogP contribution in [0.5, 0.6) is 5.75 Å². The minimum Gasteiger partial charge on any atom is -0.492 e. The topological polar surface area (TPSA) is 95.4 Å². The fourth-order valence-electron chi connectivity index (χ4n) is 2.59. The van der Waals surface area contributed by atoms with Gasteiger partial charge < -0.3 is 19.5 Å². The molecule has 0 radical (unpaired) electrons. The standard InChI is InChI=1S/C16H13BrF5N2O4PS/c17-12-9-4-8(10-6-23-7-24-10)5-11(28-3-1-2-15(18,19)20)13(9)30-14(12)16(21,22)29(25,26)27/h4-7H,1-3H2,(H,23,24)(H2,25,26,27). The van der Waals surface area contributed by atoms with Gasteiger partial charge in [-0.1, -0.05) is 0 Å². The van der Waals surface area contributed by atoms with Crippen molar-refractivity contribution in [3.63, 3.8) is 0 Å². The van der Waals surface area contributed by atoms with Gasteiger partial charge in [0.1, 0.15) is 10.6 Å². The summed E-state index contributed by atoms with van der Waals surface area (Å²) >= 11 is 3.36. The van der Waals surface area contributed by atoms with Gasteiger partial charge in [-0.15, -0.1) is 11.3 Å². The highest BCUT2D eigenvalue weighted by Crippen LogP contribution is 2.63. The van der Waals surface area contributed by atoms with Crippen LogP contribution in [0.2, 0.25) is 0 Å². The zero-order chi connectivity index (χ0) is 22.3. The average molecular weight is 535 g/mol. The van der Waals surface area contributed by atoms with Crippen LogP contribution in [0.15, 0.2) is 29.1 Å². The van der Waals surface area contributed by atoms with Crippen molar-refractivity contribution >= 4 is 44.9 Å². The molecule has 2 heterocycles. The first-order valence-corrected chi connectivity index (χ1v) is 11.4. The molecule has 0 bridgehead atoms. The summed E-state index contributed by atoms with van der Waals surface area (Å²) in [4.78, 5) is 24.0. The van der Waals surface area contributed by atoms with Gasteiger partial charge in [-0.3, -0.25) is 4.57 Å². The molecule has 2 aromatic heterocycles. The molecule has 30 heavy (non-hydrogen) atoms. The molecule has 0 fully saturated rings. The van der Waals surface area contributed by atoms with Crippen molar-refractivity contribution in [1.29, 1.82) is 0 Å². The first kappa shape index (κ1) is 23.1. The molecule has 3 rings (SSSR count). The summed E-state index contributed by atoms with van der Waals surface area (Å²) in [5.41, 5.74) is -3.63. The fourth-order valence-corrected chi connectivity index (χ4v) is 5.57. The number of aromatic nitrogens is 2. The average Bonchev–Trinajstić information content (AvgIpc) is 3.25. The van der Waals surface area contributed by atoms with Gasteiger partial charge in [0.05, 0.1) is 23.3 Å². The number of thiophene rings is 1. The Bertz CT molecular complexity index is 1100. The van der Waals surface area contributed by atoms with E-state index in [4.69, 9.17) is 14.5 Å². The van der Waals surface area contributed by atoms with Crippen LogP contribution in [0.4, 0.5) is 22.0 Å². The number of H-pyrrole nitrogens is 1. The molecule has 0 unspecified atom stereocenters. The molecule has 0 amide bonds.